The molecule has 100 valence electrons. The maximum atomic E-state index is 11.9. The van der Waals surface area contributed by atoms with Crippen LogP contribution in [0.25, 0.3) is 0 Å². The topological polar surface area (TPSA) is 75.0 Å². The summed E-state index contributed by atoms with van der Waals surface area (Å²) >= 11 is 0. The first-order valence-electron chi connectivity index (χ1n) is 6.83. The molecule has 0 amide bonds. The molecule has 2 rings (SSSR count). The highest BCUT2D eigenvalue weighted by Gasteiger charge is 2.23. The second-order valence-electron chi connectivity index (χ2n) is 4.87. The Hall–Kier alpha value is -1.36. The Morgan fingerprint density at radius 2 is 2.17 bits per heavy atom. The van der Waals surface area contributed by atoms with E-state index in [1.165, 1.54) is 19.3 Å². The number of anilines is 1. The van der Waals surface area contributed by atoms with Crippen molar-refractivity contribution in [1.29, 1.82) is 0 Å². The highest BCUT2D eigenvalue weighted by Crippen LogP contribution is 2.24. The van der Waals surface area contributed by atoms with E-state index in [1.807, 2.05) is 0 Å². The van der Waals surface area contributed by atoms with Gasteiger partial charge in [-0.05, 0) is 25.8 Å². The first kappa shape index (κ1) is 13.1. The molecule has 0 radical (unpaired) electrons. The number of hydrogen-bond acceptors (Lipinski definition) is 4. The fraction of sp³-hybridized carbons (Fsp3) is 0.692. The van der Waals surface area contributed by atoms with Gasteiger partial charge in [-0.15, -0.1) is 0 Å². The van der Waals surface area contributed by atoms with E-state index in [1.54, 1.807) is 12.4 Å². The third-order valence-corrected chi connectivity index (χ3v) is 3.58. The number of hydrogen-bond donors (Lipinski definition) is 2. The van der Waals surface area contributed by atoms with Crippen LogP contribution in [0.3, 0.4) is 0 Å². The van der Waals surface area contributed by atoms with Gasteiger partial charge in [0.1, 0.15) is 0 Å². The molecular formula is C13H22N4O. The predicted molar refractivity (Wildman–Crippen MR) is 72.7 cm³/mol. The second kappa shape index (κ2) is 6.54. The van der Waals surface area contributed by atoms with Crippen LogP contribution in [0.4, 0.5) is 5.82 Å². The van der Waals surface area contributed by atoms with Crippen molar-refractivity contribution < 1.29 is 0 Å². The van der Waals surface area contributed by atoms with Gasteiger partial charge in [-0.2, -0.15) is 0 Å². The molecule has 1 heterocycles. The third-order valence-electron chi connectivity index (χ3n) is 3.58. The molecule has 3 N–H and O–H groups in total. The van der Waals surface area contributed by atoms with Crippen LogP contribution in [0.2, 0.25) is 0 Å². The summed E-state index contributed by atoms with van der Waals surface area (Å²) in [7, 11) is 0. The molecule has 18 heavy (non-hydrogen) atoms. The van der Waals surface area contributed by atoms with Gasteiger partial charge in [0.2, 0.25) is 0 Å². The number of nitrogens with one attached hydrogen (secondary N) is 1. The largest absolute Gasteiger partial charge is 0.349 e. The lowest BCUT2D eigenvalue weighted by molar-refractivity contribution is 0.410. The first-order valence-corrected chi connectivity index (χ1v) is 6.83. The molecule has 0 spiro atoms. The zero-order chi connectivity index (χ0) is 12.8. The number of H-pyrrole nitrogens is 1. The number of rotatable bonds is 5. The zero-order valence-corrected chi connectivity index (χ0v) is 10.8. The lowest BCUT2D eigenvalue weighted by Gasteiger charge is -2.34. The maximum Gasteiger partial charge on any atom is 0.290 e. The molecular weight excluding hydrogens is 228 g/mol. The van der Waals surface area contributed by atoms with Crippen molar-refractivity contribution in [1.82, 2.24) is 9.97 Å². The van der Waals surface area contributed by atoms with Crippen LogP contribution >= 0.6 is 0 Å². The Balaban J connectivity index is 2.18. The number of nitrogens with zero attached hydrogens (tertiary/aromatic N) is 2. The van der Waals surface area contributed by atoms with Crippen molar-refractivity contribution in [2.75, 3.05) is 18.0 Å². The average Bonchev–Trinajstić information content (AvgIpc) is 2.42. The van der Waals surface area contributed by atoms with Crippen LogP contribution in [0.5, 0.6) is 0 Å². The van der Waals surface area contributed by atoms with Crippen LogP contribution < -0.4 is 16.2 Å². The standard InChI is InChI=1S/C13H22N4O/c14-7-4-10-17(11-5-2-1-3-6-11)12-13(18)16-9-8-15-12/h8-9,11H,1-7,10,14H2,(H,16,18). The van der Waals surface area contributed by atoms with E-state index in [0.29, 0.717) is 18.4 Å². The molecule has 5 heteroatoms. The molecule has 0 unspecified atom stereocenters. The summed E-state index contributed by atoms with van der Waals surface area (Å²) in [5.41, 5.74) is 5.49. The van der Waals surface area contributed by atoms with E-state index < -0.39 is 0 Å². The Morgan fingerprint density at radius 1 is 1.39 bits per heavy atom. The number of aromatic nitrogens is 2. The molecule has 0 atom stereocenters. The summed E-state index contributed by atoms with van der Waals surface area (Å²) in [6, 6.07) is 0.446. The summed E-state index contributed by atoms with van der Waals surface area (Å²) in [6.07, 6.45) is 10.2. The van der Waals surface area contributed by atoms with Gasteiger partial charge in [0.05, 0.1) is 0 Å². The second-order valence-corrected chi connectivity index (χ2v) is 4.87. The summed E-state index contributed by atoms with van der Waals surface area (Å²) in [5, 5.41) is 0. The van der Waals surface area contributed by atoms with Gasteiger partial charge in [0.15, 0.2) is 5.82 Å². The normalized spacial score (nSPS) is 16.7. The number of nitrogens with two attached hydrogens (primary N) is 1. The fourth-order valence-electron chi connectivity index (χ4n) is 2.66. The molecule has 1 aromatic rings. The van der Waals surface area contributed by atoms with Gasteiger partial charge in [-0.3, -0.25) is 4.79 Å². The molecule has 0 saturated heterocycles. The quantitative estimate of drug-likeness (QED) is 0.825. The Labute approximate surface area is 107 Å². The van der Waals surface area contributed by atoms with Crippen molar-refractivity contribution in [2.24, 2.45) is 5.73 Å². The Morgan fingerprint density at radius 3 is 2.83 bits per heavy atom. The molecule has 1 saturated carbocycles. The van der Waals surface area contributed by atoms with Gasteiger partial charge < -0.3 is 15.6 Å². The SMILES string of the molecule is NCCCN(c1ncc[nH]c1=O)C1CCCCC1. The molecule has 0 bridgehead atoms. The summed E-state index contributed by atoms with van der Waals surface area (Å²) < 4.78 is 0. The van der Waals surface area contributed by atoms with Crippen molar-refractivity contribution in [3.63, 3.8) is 0 Å². The lowest BCUT2D eigenvalue weighted by atomic mass is 9.94. The molecule has 5 nitrogen and oxygen atoms in total. The van der Waals surface area contributed by atoms with Crippen molar-refractivity contribution >= 4 is 5.82 Å². The minimum Gasteiger partial charge on any atom is -0.349 e. The third kappa shape index (κ3) is 3.10. The highest BCUT2D eigenvalue weighted by atomic mass is 16.1. The Kier molecular flexibility index (Phi) is 4.75. The van der Waals surface area contributed by atoms with Gasteiger partial charge in [-0.1, -0.05) is 19.3 Å². The summed E-state index contributed by atoms with van der Waals surface area (Å²) in [6.45, 7) is 1.47. The van der Waals surface area contributed by atoms with E-state index >= 15 is 0 Å². The first-order chi connectivity index (χ1) is 8.83. The van der Waals surface area contributed by atoms with Crippen LogP contribution in [0.1, 0.15) is 38.5 Å². The minimum atomic E-state index is -0.0971. The van der Waals surface area contributed by atoms with E-state index in [0.717, 1.165) is 25.8 Å². The van der Waals surface area contributed by atoms with Gasteiger partial charge in [0.25, 0.3) is 5.56 Å². The molecule has 0 aliphatic heterocycles. The van der Waals surface area contributed by atoms with E-state index in [-0.39, 0.29) is 5.56 Å². The van der Waals surface area contributed by atoms with Crippen LogP contribution in [-0.2, 0) is 0 Å². The minimum absolute atomic E-state index is 0.0971. The molecule has 0 aromatic carbocycles. The van der Waals surface area contributed by atoms with E-state index in [4.69, 9.17) is 5.73 Å². The van der Waals surface area contributed by atoms with E-state index in [9.17, 15) is 4.79 Å². The van der Waals surface area contributed by atoms with Gasteiger partial charge in [-0.25, -0.2) is 4.98 Å². The van der Waals surface area contributed by atoms with Crippen LogP contribution in [-0.4, -0.2) is 29.1 Å². The van der Waals surface area contributed by atoms with Gasteiger partial charge in [0, 0.05) is 25.0 Å². The predicted octanol–water partition coefficient (Wildman–Crippen LogP) is 1.26. The summed E-state index contributed by atoms with van der Waals surface area (Å²) in [5.74, 6) is 0.554. The van der Waals surface area contributed by atoms with Crippen molar-refractivity contribution in [3.8, 4) is 0 Å². The zero-order valence-electron chi connectivity index (χ0n) is 10.8. The summed E-state index contributed by atoms with van der Waals surface area (Å²) in [4.78, 5) is 21.0. The lowest BCUT2D eigenvalue weighted by Crippen LogP contribution is -2.41. The highest BCUT2D eigenvalue weighted by molar-refractivity contribution is 5.36. The van der Waals surface area contributed by atoms with Crippen LogP contribution in [0, 0.1) is 0 Å². The van der Waals surface area contributed by atoms with Crippen molar-refractivity contribution in [2.45, 2.75) is 44.6 Å². The molecule has 1 aliphatic carbocycles. The van der Waals surface area contributed by atoms with Crippen molar-refractivity contribution in [3.05, 3.63) is 22.7 Å². The number of aromatic amines is 1. The Bertz CT molecular complexity index is 411. The van der Waals surface area contributed by atoms with Gasteiger partial charge >= 0.3 is 0 Å². The molecule has 1 aromatic heterocycles. The smallest absolute Gasteiger partial charge is 0.290 e. The monoisotopic (exact) mass is 250 g/mol. The van der Waals surface area contributed by atoms with E-state index in [2.05, 4.69) is 14.9 Å². The molecule has 1 fully saturated rings. The fourth-order valence-corrected chi connectivity index (χ4v) is 2.66. The maximum absolute atomic E-state index is 11.9. The van der Waals surface area contributed by atoms with Crippen LogP contribution in [0.15, 0.2) is 17.2 Å². The average molecular weight is 250 g/mol. The molecule has 1 aliphatic rings.